The molecule has 1 N–H and O–H groups in total. The second-order valence-corrected chi connectivity index (χ2v) is 5.83. The molecule has 2 aromatic rings. The van der Waals surface area contributed by atoms with Crippen LogP contribution in [0.1, 0.15) is 47.5 Å². The van der Waals surface area contributed by atoms with E-state index in [1.165, 1.54) is 0 Å². The Labute approximate surface area is 135 Å². The van der Waals surface area contributed by atoms with Crippen molar-refractivity contribution in [2.45, 2.75) is 32.4 Å². The maximum Gasteiger partial charge on any atom is 0.251 e. The summed E-state index contributed by atoms with van der Waals surface area (Å²) in [5.74, 6) is 0.791. The van der Waals surface area contributed by atoms with Crippen LogP contribution in [0.5, 0.6) is 0 Å². The first kappa shape index (κ1) is 15.3. The van der Waals surface area contributed by atoms with Gasteiger partial charge >= 0.3 is 0 Å². The van der Waals surface area contributed by atoms with Crippen molar-refractivity contribution in [3.05, 3.63) is 59.5 Å². The highest BCUT2D eigenvalue weighted by atomic mass is 16.3. The van der Waals surface area contributed by atoms with Crippen molar-refractivity contribution < 1.29 is 14.0 Å². The minimum atomic E-state index is -0.181. The lowest BCUT2D eigenvalue weighted by atomic mass is 10.1. The third-order valence-electron chi connectivity index (χ3n) is 4.08. The minimum Gasteiger partial charge on any atom is -0.467 e. The fourth-order valence-corrected chi connectivity index (χ4v) is 2.74. The van der Waals surface area contributed by atoms with E-state index in [1.54, 1.807) is 24.5 Å². The minimum absolute atomic E-state index is 0.141. The summed E-state index contributed by atoms with van der Waals surface area (Å²) in [5, 5.41) is 2.90. The summed E-state index contributed by atoms with van der Waals surface area (Å²) in [6, 6.07) is 10.8. The molecule has 5 nitrogen and oxygen atoms in total. The van der Waals surface area contributed by atoms with Crippen LogP contribution >= 0.6 is 0 Å². The van der Waals surface area contributed by atoms with Crippen molar-refractivity contribution >= 4 is 11.8 Å². The van der Waals surface area contributed by atoms with Gasteiger partial charge in [0.15, 0.2) is 0 Å². The Kier molecular flexibility index (Phi) is 4.46. The van der Waals surface area contributed by atoms with Crippen molar-refractivity contribution in [3.63, 3.8) is 0 Å². The molecule has 0 saturated carbocycles. The average Bonchev–Trinajstić information content (AvgIpc) is 3.20. The predicted octanol–water partition coefficient (Wildman–Crippen LogP) is 2.89. The van der Waals surface area contributed by atoms with E-state index < -0.39 is 0 Å². The number of hydrogen-bond acceptors (Lipinski definition) is 3. The van der Waals surface area contributed by atoms with Gasteiger partial charge in [-0.2, -0.15) is 0 Å². The zero-order valence-corrected chi connectivity index (χ0v) is 13.1. The molecule has 0 bridgehead atoms. The second kappa shape index (κ2) is 6.69. The van der Waals surface area contributed by atoms with Gasteiger partial charge in [0.1, 0.15) is 5.76 Å². The number of carbonyl (C=O) groups excluding carboxylic acids is 2. The van der Waals surface area contributed by atoms with Crippen LogP contribution in [0.4, 0.5) is 0 Å². The number of nitrogens with one attached hydrogen (secondary N) is 1. The molecule has 0 unspecified atom stereocenters. The van der Waals surface area contributed by atoms with Gasteiger partial charge in [-0.05, 0) is 43.2 Å². The first-order chi connectivity index (χ1) is 11.1. The summed E-state index contributed by atoms with van der Waals surface area (Å²) in [5.41, 5.74) is 1.63. The fraction of sp³-hybridized carbons (Fsp3) is 0.333. The van der Waals surface area contributed by atoms with Crippen molar-refractivity contribution in [2.24, 2.45) is 0 Å². The molecule has 1 aliphatic heterocycles. The maximum absolute atomic E-state index is 12.2. The highest BCUT2D eigenvalue weighted by Crippen LogP contribution is 2.16. The van der Waals surface area contributed by atoms with Gasteiger partial charge in [0, 0.05) is 25.1 Å². The van der Waals surface area contributed by atoms with Crippen molar-refractivity contribution in [1.82, 2.24) is 10.2 Å². The molecule has 1 fully saturated rings. The van der Waals surface area contributed by atoms with Gasteiger partial charge in [-0.3, -0.25) is 9.59 Å². The van der Waals surface area contributed by atoms with Gasteiger partial charge in [-0.15, -0.1) is 0 Å². The third-order valence-corrected chi connectivity index (χ3v) is 4.08. The summed E-state index contributed by atoms with van der Waals surface area (Å²) < 4.78 is 5.28. The van der Waals surface area contributed by atoms with Crippen molar-refractivity contribution in [1.29, 1.82) is 0 Å². The molecule has 1 aliphatic rings. The van der Waals surface area contributed by atoms with Crippen LogP contribution in [0, 0.1) is 0 Å². The molecule has 23 heavy (non-hydrogen) atoms. The number of benzene rings is 1. The molecular formula is C18H20N2O3. The molecule has 0 spiro atoms. The van der Waals surface area contributed by atoms with E-state index in [2.05, 4.69) is 5.32 Å². The van der Waals surface area contributed by atoms with Gasteiger partial charge in [-0.1, -0.05) is 12.1 Å². The third kappa shape index (κ3) is 3.62. The number of amides is 2. The average molecular weight is 312 g/mol. The normalized spacial score (nSPS) is 15.7. The van der Waals surface area contributed by atoms with Crippen LogP contribution in [0.3, 0.4) is 0 Å². The molecule has 1 atom stereocenters. The first-order valence-electron chi connectivity index (χ1n) is 7.84. The largest absolute Gasteiger partial charge is 0.467 e. The zero-order chi connectivity index (χ0) is 16.2. The topological polar surface area (TPSA) is 62.6 Å². The van der Waals surface area contributed by atoms with Gasteiger partial charge < -0.3 is 14.6 Å². The summed E-state index contributed by atoms with van der Waals surface area (Å²) >= 11 is 0. The Morgan fingerprint density at radius 2 is 2.09 bits per heavy atom. The monoisotopic (exact) mass is 312 g/mol. The van der Waals surface area contributed by atoms with Gasteiger partial charge in [0.2, 0.25) is 5.91 Å². The Morgan fingerprint density at radius 1 is 1.30 bits per heavy atom. The number of carbonyl (C=O) groups is 2. The molecule has 0 aliphatic carbocycles. The Balaban J connectivity index is 1.60. The molecule has 2 amide bonds. The number of nitrogens with zero attached hydrogens (tertiary/aromatic N) is 1. The van der Waals surface area contributed by atoms with Crippen LogP contribution in [0.15, 0.2) is 47.1 Å². The molecule has 1 aromatic heterocycles. The van der Waals surface area contributed by atoms with E-state index in [0.717, 1.165) is 24.3 Å². The Hall–Kier alpha value is -2.56. The molecule has 1 aromatic carbocycles. The predicted molar refractivity (Wildman–Crippen MR) is 85.7 cm³/mol. The quantitative estimate of drug-likeness (QED) is 0.923. The molecule has 1 saturated heterocycles. The van der Waals surface area contributed by atoms with Crippen molar-refractivity contribution in [3.8, 4) is 0 Å². The van der Waals surface area contributed by atoms with E-state index in [-0.39, 0.29) is 17.9 Å². The second-order valence-electron chi connectivity index (χ2n) is 5.83. The van der Waals surface area contributed by atoms with E-state index in [9.17, 15) is 9.59 Å². The van der Waals surface area contributed by atoms with E-state index in [4.69, 9.17) is 4.42 Å². The SMILES string of the molecule is C[C@@H](NC(=O)c1ccc(CN2CCCC2=O)cc1)c1ccco1. The number of rotatable bonds is 5. The summed E-state index contributed by atoms with van der Waals surface area (Å²) in [4.78, 5) is 25.7. The first-order valence-corrected chi connectivity index (χ1v) is 7.84. The summed E-state index contributed by atoms with van der Waals surface area (Å²) in [6.45, 7) is 3.31. The highest BCUT2D eigenvalue weighted by Gasteiger charge is 2.20. The fourth-order valence-electron chi connectivity index (χ4n) is 2.74. The number of likely N-dealkylation sites (tertiary alicyclic amines) is 1. The standard InChI is InChI=1S/C18H20N2O3/c1-13(16-4-3-11-23-16)19-18(22)15-8-6-14(7-9-15)12-20-10-2-5-17(20)21/h3-4,6-9,11,13H,2,5,10,12H2,1H3,(H,19,22)/t13-/m1/s1. The van der Waals surface area contributed by atoms with E-state index >= 15 is 0 Å². The molecule has 0 radical (unpaired) electrons. The highest BCUT2D eigenvalue weighted by molar-refractivity contribution is 5.94. The van der Waals surface area contributed by atoms with Crippen LogP contribution < -0.4 is 5.32 Å². The lowest BCUT2D eigenvalue weighted by Crippen LogP contribution is -2.26. The van der Waals surface area contributed by atoms with Crippen molar-refractivity contribution in [2.75, 3.05) is 6.54 Å². The molecule has 2 heterocycles. The van der Waals surface area contributed by atoms with Gasteiger partial charge in [0.25, 0.3) is 5.91 Å². The van der Waals surface area contributed by atoms with Crippen LogP contribution in [-0.4, -0.2) is 23.3 Å². The smallest absolute Gasteiger partial charge is 0.251 e. The Morgan fingerprint density at radius 3 is 2.70 bits per heavy atom. The van der Waals surface area contributed by atoms with Gasteiger partial charge in [0.05, 0.1) is 12.3 Å². The molecule has 120 valence electrons. The molecular weight excluding hydrogens is 292 g/mol. The van der Waals surface area contributed by atoms with Crippen LogP contribution in [0.2, 0.25) is 0 Å². The molecule has 3 rings (SSSR count). The van der Waals surface area contributed by atoms with E-state index in [1.807, 2.05) is 30.0 Å². The summed E-state index contributed by atoms with van der Waals surface area (Å²) in [6.07, 6.45) is 3.17. The maximum atomic E-state index is 12.2. The number of hydrogen-bond donors (Lipinski definition) is 1. The summed E-state index contributed by atoms with van der Waals surface area (Å²) in [7, 11) is 0. The number of furan rings is 1. The lowest BCUT2D eigenvalue weighted by Gasteiger charge is -2.16. The Bertz CT molecular complexity index is 677. The molecule has 5 heteroatoms. The zero-order valence-electron chi connectivity index (χ0n) is 13.1. The van der Waals surface area contributed by atoms with Crippen LogP contribution in [0.25, 0.3) is 0 Å². The lowest BCUT2D eigenvalue weighted by molar-refractivity contribution is -0.128. The van der Waals surface area contributed by atoms with Crippen LogP contribution in [-0.2, 0) is 11.3 Å². The van der Waals surface area contributed by atoms with E-state index in [0.29, 0.717) is 18.5 Å². The van der Waals surface area contributed by atoms with Gasteiger partial charge in [-0.25, -0.2) is 0 Å².